The lowest BCUT2D eigenvalue weighted by Crippen LogP contribution is -3.12. The minimum atomic E-state index is 0.118. The van der Waals surface area contributed by atoms with E-state index in [1.807, 2.05) is 4.90 Å². The van der Waals surface area contributed by atoms with E-state index in [2.05, 4.69) is 7.05 Å². The molecule has 1 aliphatic heterocycles. The summed E-state index contributed by atoms with van der Waals surface area (Å²) in [7, 11) is 2.16. The van der Waals surface area contributed by atoms with Gasteiger partial charge in [-0.25, -0.2) is 0 Å². The number of anilines is 1. The summed E-state index contributed by atoms with van der Waals surface area (Å²) in [5.41, 5.74) is 7.02. The van der Waals surface area contributed by atoms with Gasteiger partial charge in [-0.2, -0.15) is 0 Å². The molecular weight excluding hydrogens is 202 g/mol. The van der Waals surface area contributed by atoms with Gasteiger partial charge in [-0.15, -0.1) is 0 Å². The quantitative estimate of drug-likeness (QED) is 0.611. The Morgan fingerprint density at radius 3 is 2.38 bits per heavy atom. The Bertz CT molecular complexity index is 366. The summed E-state index contributed by atoms with van der Waals surface area (Å²) >= 11 is 0. The lowest BCUT2D eigenvalue weighted by atomic mass is 10.1. The zero-order valence-corrected chi connectivity index (χ0v) is 9.57. The number of hydrogen-bond acceptors (Lipinski definition) is 2. The van der Waals surface area contributed by atoms with Crippen LogP contribution in [0.4, 0.5) is 5.69 Å². The minimum Gasteiger partial charge on any atom is -0.399 e. The number of rotatable bonds is 1. The van der Waals surface area contributed by atoms with Gasteiger partial charge in [-0.05, 0) is 24.3 Å². The topological polar surface area (TPSA) is 50.8 Å². The maximum atomic E-state index is 12.1. The van der Waals surface area contributed by atoms with Crippen LogP contribution in [0.2, 0.25) is 0 Å². The van der Waals surface area contributed by atoms with Crippen molar-refractivity contribution in [3.63, 3.8) is 0 Å². The van der Waals surface area contributed by atoms with E-state index >= 15 is 0 Å². The number of likely N-dealkylation sites (N-methyl/N-ethyl adjacent to an activating group) is 1. The van der Waals surface area contributed by atoms with Crippen LogP contribution in [0, 0.1) is 0 Å². The van der Waals surface area contributed by atoms with E-state index in [1.165, 1.54) is 4.90 Å². The van der Waals surface area contributed by atoms with E-state index in [0.29, 0.717) is 5.69 Å². The summed E-state index contributed by atoms with van der Waals surface area (Å²) < 4.78 is 0. The molecule has 3 N–H and O–H groups in total. The van der Waals surface area contributed by atoms with Gasteiger partial charge in [0.2, 0.25) is 0 Å². The lowest BCUT2D eigenvalue weighted by molar-refractivity contribution is -0.883. The molecule has 1 heterocycles. The van der Waals surface area contributed by atoms with Gasteiger partial charge in [0.05, 0.1) is 33.2 Å². The van der Waals surface area contributed by atoms with Crippen molar-refractivity contribution in [1.82, 2.24) is 4.90 Å². The lowest BCUT2D eigenvalue weighted by Gasteiger charge is -2.30. The largest absolute Gasteiger partial charge is 0.399 e. The average molecular weight is 220 g/mol. The fraction of sp³-hybridized carbons (Fsp3) is 0.417. The monoisotopic (exact) mass is 220 g/mol. The second-order valence-electron chi connectivity index (χ2n) is 4.37. The highest BCUT2D eigenvalue weighted by molar-refractivity contribution is 5.94. The van der Waals surface area contributed by atoms with E-state index < -0.39 is 0 Å². The number of nitrogens with zero attached hydrogens (tertiary/aromatic N) is 1. The van der Waals surface area contributed by atoms with Crippen LogP contribution in [0.3, 0.4) is 0 Å². The Balaban J connectivity index is 2.05. The first-order valence-corrected chi connectivity index (χ1v) is 5.63. The number of hydrogen-bond donors (Lipinski definition) is 2. The first-order valence-electron chi connectivity index (χ1n) is 5.63. The van der Waals surface area contributed by atoms with Gasteiger partial charge in [0, 0.05) is 11.3 Å². The van der Waals surface area contributed by atoms with Crippen molar-refractivity contribution in [2.45, 2.75) is 0 Å². The van der Waals surface area contributed by atoms with Crippen molar-refractivity contribution >= 4 is 11.6 Å². The van der Waals surface area contributed by atoms with Crippen LogP contribution in [-0.4, -0.2) is 44.0 Å². The molecule has 1 aromatic carbocycles. The first kappa shape index (κ1) is 11.0. The number of carbonyl (C=O) groups is 1. The molecule has 1 aromatic rings. The molecule has 0 aromatic heterocycles. The number of quaternary nitrogens is 1. The predicted molar refractivity (Wildman–Crippen MR) is 63.4 cm³/mol. The Labute approximate surface area is 95.6 Å². The van der Waals surface area contributed by atoms with Crippen molar-refractivity contribution in [3.8, 4) is 0 Å². The molecule has 16 heavy (non-hydrogen) atoms. The number of carbonyl (C=O) groups excluding carboxylic acids is 1. The summed E-state index contributed by atoms with van der Waals surface area (Å²) in [6.07, 6.45) is 0. The Kier molecular flexibility index (Phi) is 3.10. The smallest absolute Gasteiger partial charge is 0.254 e. The third-order valence-electron chi connectivity index (χ3n) is 3.06. The van der Waals surface area contributed by atoms with Crippen LogP contribution in [0.1, 0.15) is 10.4 Å². The van der Waals surface area contributed by atoms with Gasteiger partial charge in [0.25, 0.3) is 5.91 Å². The van der Waals surface area contributed by atoms with E-state index in [-0.39, 0.29) is 5.91 Å². The third-order valence-corrected chi connectivity index (χ3v) is 3.06. The van der Waals surface area contributed by atoms with E-state index in [1.54, 1.807) is 24.3 Å². The number of amides is 1. The zero-order chi connectivity index (χ0) is 11.5. The van der Waals surface area contributed by atoms with Gasteiger partial charge in [0.1, 0.15) is 0 Å². The summed E-state index contributed by atoms with van der Waals surface area (Å²) in [5, 5.41) is 0. The summed E-state index contributed by atoms with van der Waals surface area (Å²) in [5.74, 6) is 0.118. The van der Waals surface area contributed by atoms with Crippen molar-refractivity contribution in [2.24, 2.45) is 0 Å². The van der Waals surface area contributed by atoms with Gasteiger partial charge in [-0.1, -0.05) is 0 Å². The highest BCUT2D eigenvalue weighted by atomic mass is 16.2. The van der Waals surface area contributed by atoms with Crippen LogP contribution in [-0.2, 0) is 0 Å². The van der Waals surface area contributed by atoms with E-state index in [9.17, 15) is 4.79 Å². The van der Waals surface area contributed by atoms with Gasteiger partial charge in [0.15, 0.2) is 0 Å². The third kappa shape index (κ3) is 2.33. The Morgan fingerprint density at radius 1 is 1.25 bits per heavy atom. The SMILES string of the molecule is C[NH+]1CCN(C(=O)c2ccc(N)cc2)CC1. The van der Waals surface area contributed by atoms with Crippen molar-refractivity contribution < 1.29 is 9.69 Å². The zero-order valence-electron chi connectivity index (χ0n) is 9.57. The second-order valence-corrected chi connectivity index (χ2v) is 4.37. The van der Waals surface area contributed by atoms with Crippen LogP contribution in [0.5, 0.6) is 0 Å². The molecule has 1 amide bonds. The number of nitrogens with two attached hydrogens (primary N) is 1. The molecular formula is C12H18N3O+. The molecule has 1 aliphatic rings. The fourth-order valence-corrected chi connectivity index (χ4v) is 1.90. The van der Waals surface area contributed by atoms with E-state index in [0.717, 1.165) is 31.7 Å². The predicted octanol–water partition coefficient (Wildman–Crippen LogP) is -0.761. The number of piperazine rings is 1. The second kappa shape index (κ2) is 4.53. The number of nitrogens with one attached hydrogen (secondary N) is 1. The van der Waals surface area contributed by atoms with Crippen molar-refractivity contribution in [3.05, 3.63) is 29.8 Å². The summed E-state index contributed by atoms with van der Waals surface area (Å²) in [4.78, 5) is 15.5. The first-order chi connectivity index (χ1) is 7.66. The number of nitrogen functional groups attached to an aromatic ring is 1. The summed E-state index contributed by atoms with van der Waals surface area (Å²) in [6.45, 7) is 3.74. The van der Waals surface area contributed by atoms with Crippen LogP contribution >= 0.6 is 0 Å². The standard InChI is InChI=1S/C12H17N3O/c1-14-6-8-15(9-7-14)12(16)10-2-4-11(13)5-3-10/h2-5H,6-9,13H2,1H3/p+1. The molecule has 0 atom stereocenters. The molecule has 4 heteroatoms. The van der Waals surface area contributed by atoms with E-state index in [4.69, 9.17) is 5.73 Å². The van der Waals surface area contributed by atoms with Crippen molar-refractivity contribution in [2.75, 3.05) is 39.0 Å². The maximum Gasteiger partial charge on any atom is 0.254 e. The highest BCUT2D eigenvalue weighted by Gasteiger charge is 2.21. The molecule has 86 valence electrons. The minimum absolute atomic E-state index is 0.118. The molecule has 2 rings (SSSR count). The van der Waals surface area contributed by atoms with Gasteiger partial charge in [-0.3, -0.25) is 4.79 Å². The molecule has 0 aliphatic carbocycles. The molecule has 0 spiro atoms. The molecule has 1 fully saturated rings. The van der Waals surface area contributed by atoms with Gasteiger partial charge < -0.3 is 15.5 Å². The normalized spacial score (nSPS) is 17.4. The molecule has 0 saturated carbocycles. The molecule has 0 radical (unpaired) electrons. The van der Waals surface area contributed by atoms with Crippen LogP contribution < -0.4 is 10.6 Å². The van der Waals surface area contributed by atoms with Crippen LogP contribution in [0.15, 0.2) is 24.3 Å². The molecule has 1 saturated heterocycles. The fourth-order valence-electron chi connectivity index (χ4n) is 1.90. The number of benzene rings is 1. The molecule has 0 bridgehead atoms. The average Bonchev–Trinajstić information content (AvgIpc) is 2.30. The Morgan fingerprint density at radius 2 is 1.81 bits per heavy atom. The highest BCUT2D eigenvalue weighted by Crippen LogP contribution is 2.08. The van der Waals surface area contributed by atoms with Gasteiger partial charge >= 0.3 is 0 Å². The maximum absolute atomic E-state index is 12.1. The Hall–Kier alpha value is -1.55. The summed E-state index contributed by atoms with van der Waals surface area (Å²) in [6, 6.07) is 7.13. The molecule has 4 nitrogen and oxygen atoms in total. The van der Waals surface area contributed by atoms with Crippen molar-refractivity contribution in [1.29, 1.82) is 0 Å². The van der Waals surface area contributed by atoms with Crippen LogP contribution in [0.25, 0.3) is 0 Å². The molecule has 0 unspecified atom stereocenters.